The van der Waals surface area contributed by atoms with Crippen LogP contribution in [0.1, 0.15) is 19.4 Å². The number of benzene rings is 1. The summed E-state index contributed by atoms with van der Waals surface area (Å²) in [4.78, 5) is 0. The molecule has 19 heavy (non-hydrogen) atoms. The van der Waals surface area contributed by atoms with Gasteiger partial charge in [0.25, 0.3) is 0 Å². The number of nitrogens with one attached hydrogen (secondary N) is 1. The molecule has 3 nitrogen and oxygen atoms in total. The van der Waals surface area contributed by atoms with Crippen LogP contribution >= 0.6 is 23.2 Å². The molecule has 1 aromatic carbocycles. The van der Waals surface area contributed by atoms with Crippen LogP contribution in [0.2, 0.25) is 10.0 Å². The lowest BCUT2D eigenvalue weighted by Gasteiger charge is -2.14. The number of rotatable bonds is 8. The minimum absolute atomic E-state index is 0.141. The van der Waals surface area contributed by atoms with E-state index in [0.29, 0.717) is 23.2 Å². The number of halogens is 2. The normalized spacial score (nSPS) is 12.9. The maximum Gasteiger partial charge on any atom is 0.0897 e. The van der Waals surface area contributed by atoms with Gasteiger partial charge in [-0.3, -0.25) is 0 Å². The molecule has 108 valence electrons. The van der Waals surface area contributed by atoms with Gasteiger partial charge in [-0.25, -0.2) is 0 Å². The van der Waals surface area contributed by atoms with Crippen LogP contribution in [0.4, 0.5) is 0 Å². The highest BCUT2D eigenvalue weighted by Gasteiger charge is 2.06. The first-order chi connectivity index (χ1) is 8.99. The van der Waals surface area contributed by atoms with Gasteiger partial charge in [0.1, 0.15) is 0 Å². The maximum absolute atomic E-state index is 9.66. The van der Waals surface area contributed by atoms with Crippen molar-refractivity contribution in [3.63, 3.8) is 0 Å². The lowest BCUT2D eigenvalue weighted by Crippen LogP contribution is -2.32. The fraction of sp³-hybridized carbons (Fsp3) is 0.571. The number of hydrogen-bond donors (Lipinski definition) is 2. The third-order valence-electron chi connectivity index (χ3n) is 2.59. The summed E-state index contributed by atoms with van der Waals surface area (Å²) in [5.41, 5.74) is 1.05. The monoisotopic (exact) mass is 305 g/mol. The molecule has 0 aliphatic rings. The Kier molecular flexibility index (Phi) is 7.73. The van der Waals surface area contributed by atoms with Gasteiger partial charge in [0.15, 0.2) is 0 Å². The van der Waals surface area contributed by atoms with Crippen molar-refractivity contribution in [2.75, 3.05) is 19.7 Å². The van der Waals surface area contributed by atoms with Crippen LogP contribution in [0.5, 0.6) is 0 Å². The molecule has 0 radical (unpaired) electrons. The quantitative estimate of drug-likeness (QED) is 0.726. The highest BCUT2D eigenvalue weighted by molar-refractivity contribution is 6.35. The molecule has 0 spiro atoms. The van der Waals surface area contributed by atoms with Crippen molar-refractivity contribution in [2.24, 2.45) is 0 Å². The zero-order chi connectivity index (χ0) is 14.3. The molecule has 0 saturated carbocycles. The molecule has 5 heteroatoms. The van der Waals surface area contributed by atoms with Crippen molar-refractivity contribution in [1.82, 2.24) is 5.32 Å². The molecule has 1 aromatic rings. The van der Waals surface area contributed by atoms with Crippen LogP contribution < -0.4 is 5.32 Å². The van der Waals surface area contributed by atoms with E-state index in [-0.39, 0.29) is 6.10 Å². The fourth-order valence-corrected chi connectivity index (χ4v) is 2.08. The van der Waals surface area contributed by atoms with Gasteiger partial charge < -0.3 is 15.2 Å². The smallest absolute Gasteiger partial charge is 0.0897 e. The second kappa shape index (κ2) is 8.77. The molecule has 1 unspecified atom stereocenters. The van der Waals surface area contributed by atoms with E-state index in [1.807, 2.05) is 26.0 Å². The van der Waals surface area contributed by atoms with E-state index in [0.717, 1.165) is 18.5 Å². The molecule has 2 N–H and O–H groups in total. The number of hydrogen-bond acceptors (Lipinski definition) is 3. The van der Waals surface area contributed by atoms with Crippen molar-refractivity contribution in [3.8, 4) is 0 Å². The Morgan fingerprint density at radius 3 is 2.68 bits per heavy atom. The van der Waals surface area contributed by atoms with E-state index in [1.54, 1.807) is 6.07 Å². The second-order valence-corrected chi connectivity index (χ2v) is 5.57. The summed E-state index contributed by atoms with van der Waals surface area (Å²) in [6.45, 7) is 5.51. The predicted molar refractivity (Wildman–Crippen MR) is 80.1 cm³/mol. The van der Waals surface area contributed by atoms with Gasteiger partial charge in [-0.15, -0.1) is 0 Å². The molecular weight excluding hydrogens is 285 g/mol. The summed E-state index contributed by atoms with van der Waals surface area (Å²) < 4.78 is 5.33. The molecular formula is C14H21Cl2NO2. The summed E-state index contributed by atoms with van der Waals surface area (Å²) in [6, 6.07) is 5.49. The van der Waals surface area contributed by atoms with Crippen LogP contribution in [0.3, 0.4) is 0 Å². The Hall–Kier alpha value is -0.320. The van der Waals surface area contributed by atoms with Crippen molar-refractivity contribution < 1.29 is 9.84 Å². The van der Waals surface area contributed by atoms with Gasteiger partial charge in [0.2, 0.25) is 0 Å². The van der Waals surface area contributed by atoms with Crippen LogP contribution in [0.25, 0.3) is 0 Å². The van der Waals surface area contributed by atoms with E-state index in [4.69, 9.17) is 27.9 Å². The Balaban J connectivity index is 2.20. The van der Waals surface area contributed by atoms with Gasteiger partial charge in [-0.1, -0.05) is 29.3 Å². The number of ether oxygens (including phenoxy) is 1. The summed E-state index contributed by atoms with van der Waals surface area (Å²) >= 11 is 11.9. The number of aliphatic hydroxyl groups excluding tert-OH is 1. The Morgan fingerprint density at radius 1 is 1.32 bits per heavy atom. The molecule has 0 aliphatic heterocycles. The molecule has 1 atom stereocenters. The largest absolute Gasteiger partial charge is 0.389 e. The van der Waals surface area contributed by atoms with E-state index in [1.165, 1.54) is 0 Å². The van der Waals surface area contributed by atoms with Crippen molar-refractivity contribution in [3.05, 3.63) is 33.8 Å². The molecule has 0 bridgehead atoms. The molecule has 0 saturated heterocycles. The highest BCUT2D eigenvalue weighted by Crippen LogP contribution is 2.20. The standard InChI is InChI=1S/C14H21Cl2NO2/c1-10(2)19-9-13(18)8-17-6-5-11-3-4-12(15)7-14(11)16/h3-4,7,10,13,17-18H,5-6,8-9H2,1-2H3. The Labute approximate surface area is 124 Å². The minimum Gasteiger partial charge on any atom is -0.389 e. The lowest BCUT2D eigenvalue weighted by atomic mass is 10.1. The van der Waals surface area contributed by atoms with Crippen LogP contribution in [-0.2, 0) is 11.2 Å². The van der Waals surface area contributed by atoms with E-state index < -0.39 is 6.10 Å². The fourth-order valence-electron chi connectivity index (χ4n) is 1.58. The molecule has 0 aromatic heterocycles. The molecule has 0 fully saturated rings. The van der Waals surface area contributed by atoms with E-state index in [9.17, 15) is 5.11 Å². The first kappa shape index (κ1) is 16.7. The Morgan fingerprint density at radius 2 is 2.05 bits per heavy atom. The summed E-state index contributed by atoms with van der Waals surface area (Å²) in [6.07, 6.45) is 0.457. The van der Waals surface area contributed by atoms with Gasteiger partial charge >= 0.3 is 0 Å². The zero-order valence-electron chi connectivity index (χ0n) is 11.3. The molecule has 0 aliphatic carbocycles. The lowest BCUT2D eigenvalue weighted by molar-refractivity contribution is 0.00652. The van der Waals surface area contributed by atoms with Crippen LogP contribution in [0, 0.1) is 0 Å². The third kappa shape index (κ3) is 7.14. The highest BCUT2D eigenvalue weighted by atomic mass is 35.5. The van der Waals surface area contributed by atoms with Crippen molar-refractivity contribution >= 4 is 23.2 Å². The zero-order valence-corrected chi connectivity index (χ0v) is 12.8. The Bertz CT molecular complexity index is 386. The van der Waals surface area contributed by atoms with E-state index >= 15 is 0 Å². The number of aliphatic hydroxyl groups is 1. The predicted octanol–water partition coefficient (Wildman–Crippen LogP) is 2.91. The molecule has 1 rings (SSSR count). The molecule has 0 heterocycles. The van der Waals surface area contributed by atoms with E-state index in [2.05, 4.69) is 5.32 Å². The first-order valence-corrected chi connectivity index (χ1v) is 7.19. The summed E-state index contributed by atoms with van der Waals surface area (Å²) in [7, 11) is 0. The van der Waals surface area contributed by atoms with Crippen molar-refractivity contribution in [2.45, 2.75) is 32.5 Å². The minimum atomic E-state index is -0.483. The summed E-state index contributed by atoms with van der Waals surface area (Å²) in [5.74, 6) is 0. The maximum atomic E-state index is 9.66. The molecule has 0 amide bonds. The third-order valence-corrected chi connectivity index (χ3v) is 3.18. The second-order valence-electron chi connectivity index (χ2n) is 4.73. The first-order valence-electron chi connectivity index (χ1n) is 6.43. The van der Waals surface area contributed by atoms with Crippen LogP contribution in [-0.4, -0.2) is 37.0 Å². The van der Waals surface area contributed by atoms with Gasteiger partial charge in [-0.2, -0.15) is 0 Å². The van der Waals surface area contributed by atoms with Gasteiger partial charge in [0.05, 0.1) is 18.8 Å². The van der Waals surface area contributed by atoms with Crippen LogP contribution in [0.15, 0.2) is 18.2 Å². The van der Waals surface area contributed by atoms with Gasteiger partial charge in [0, 0.05) is 16.6 Å². The average Bonchev–Trinajstić information content (AvgIpc) is 2.34. The van der Waals surface area contributed by atoms with Gasteiger partial charge in [-0.05, 0) is 44.5 Å². The van der Waals surface area contributed by atoms with Crippen molar-refractivity contribution in [1.29, 1.82) is 0 Å². The topological polar surface area (TPSA) is 41.5 Å². The SMILES string of the molecule is CC(C)OCC(O)CNCCc1ccc(Cl)cc1Cl. The summed E-state index contributed by atoms with van der Waals surface area (Å²) in [5, 5.41) is 14.2. The average molecular weight is 306 g/mol.